The summed E-state index contributed by atoms with van der Waals surface area (Å²) in [7, 11) is 0. The van der Waals surface area contributed by atoms with Crippen molar-refractivity contribution in [2.75, 3.05) is 5.06 Å². The Kier molecular flexibility index (Phi) is 1.75. The maximum atomic E-state index is 11.6. The average Bonchev–Trinajstić information content (AvgIpc) is 2.14. The number of hydroxylamine groups is 1. The van der Waals surface area contributed by atoms with Gasteiger partial charge < -0.3 is 5.32 Å². The Hall–Kier alpha value is -1.55. The van der Waals surface area contributed by atoms with Gasteiger partial charge in [0.2, 0.25) is 0 Å². The Morgan fingerprint density at radius 1 is 1.36 bits per heavy atom. The fraction of sp³-hybridized carbons (Fsp3) is 0.300. The van der Waals surface area contributed by atoms with Gasteiger partial charge in [0, 0.05) is 0 Å². The van der Waals surface area contributed by atoms with Gasteiger partial charge >= 0.3 is 0 Å². The molecule has 0 saturated carbocycles. The molecule has 0 radical (unpaired) electrons. The lowest BCUT2D eigenvalue weighted by Gasteiger charge is -2.40. The zero-order chi connectivity index (χ0) is 10.3. The summed E-state index contributed by atoms with van der Waals surface area (Å²) in [6.45, 7) is 3.47. The van der Waals surface area contributed by atoms with Crippen molar-refractivity contribution >= 4 is 11.6 Å². The second kappa shape index (κ2) is 2.72. The minimum absolute atomic E-state index is 0.157. The first-order chi connectivity index (χ1) is 6.52. The molecule has 74 valence electrons. The molecule has 0 bridgehead atoms. The Balaban J connectivity index is 2.57. The van der Waals surface area contributed by atoms with Gasteiger partial charge in [0.25, 0.3) is 5.91 Å². The smallest absolute Gasteiger partial charge is 0.255 e. The molecule has 14 heavy (non-hydrogen) atoms. The van der Waals surface area contributed by atoms with Crippen molar-refractivity contribution < 1.29 is 10.0 Å². The molecule has 0 fully saturated rings. The molecule has 1 aliphatic heterocycles. The van der Waals surface area contributed by atoms with Crippen molar-refractivity contribution in [3.8, 4) is 0 Å². The fourth-order valence-corrected chi connectivity index (χ4v) is 1.55. The number of hydrogen-bond acceptors (Lipinski definition) is 3. The predicted octanol–water partition coefficient (Wildman–Crippen LogP) is 1.36. The van der Waals surface area contributed by atoms with E-state index in [9.17, 15) is 10.0 Å². The van der Waals surface area contributed by atoms with Crippen LogP contribution in [0.25, 0.3) is 0 Å². The molecule has 0 spiro atoms. The minimum atomic E-state index is -0.758. The zero-order valence-electron chi connectivity index (χ0n) is 8.11. The lowest BCUT2D eigenvalue weighted by molar-refractivity contribution is 0.0781. The van der Waals surface area contributed by atoms with E-state index in [1.165, 1.54) is 0 Å². The monoisotopic (exact) mass is 192 g/mol. The third kappa shape index (κ3) is 1.15. The summed E-state index contributed by atoms with van der Waals surface area (Å²) in [5.41, 5.74) is 0.279. The minimum Gasteiger partial charge on any atom is -0.328 e. The number of carbonyl (C=O) groups excluding carboxylic acids is 1. The molecule has 1 aliphatic rings. The Morgan fingerprint density at radius 3 is 2.71 bits per heavy atom. The van der Waals surface area contributed by atoms with Crippen LogP contribution in [0.4, 0.5) is 5.69 Å². The SMILES string of the molecule is CC1(C)NC(=O)c2ccccc2N1O. The maximum absolute atomic E-state index is 11.6. The zero-order valence-corrected chi connectivity index (χ0v) is 8.11. The highest BCUT2D eigenvalue weighted by molar-refractivity contribution is 6.02. The van der Waals surface area contributed by atoms with Gasteiger partial charge in [0.05, 0.1) is 11.3 Å². The topological polar surface area (TPSA) is 52.6 Å². The van der Waals surface area contributed by atoms with Crippen LogP contribution >= 0.6 is 0 Å². The first-order valence-corrected chi connectivity index (χ1v) is 4.43. The number of rotatable bonds is 0. The summed E-state index contributed by atoms with van der Waals surface area (Å²) in [6.07, 6.45) is 0. The quantitative estimate of drug-likeness (QED) is 0.652. The number of benzene rings is 1. The number of nitrogens with zero attached hydrogens (tertiary/aromatic N) is 1. The Bertz CT molecular complexity index is 387. The molecule has 0 unspecified atom stereocenters. The number of nitrogens with one attached hydrogen (secondary N) is 1. The maximum Gasteiger partial charge on any atom is 0.255 e. The summed E-state index contributed by atoms with van der Waals surface area (Å²) in [6, 6.07) is 6.96. The van der Waals surface area contributed by atoms with Crippen LogP contribution in [0.15, 0.2) is 24.3 Å². The van der Waals surface area contributed by atoms with Crippen molar-refractivity contribution in [2.45, 2.75) is 19.5 Å². The largest absolute Gasteiger partial charge is 0.328 e. The van der Waals surface area contributed by atoms with Crippen molar-refractivity contribution in [2.24, 2.45) is 0 Å². The number of amides is 1. The van der Waals surface area contributed by atoms with Crippen LogP contribution in [0, 0.1) is 0 Å². The average molecular weight is 192 g/mol. The Morgan fingerprint density at radius 2 is 2.00 bits per heavy atom. The summed E-state index contributed by atoms with van der Waals surface area (Å²) in [4.78, 5) is 11.6. The number of hydrogen-bond donors (Lipinski definition) is 2. The molecule has 4 nitrogen and oxygen atoms in total. The van der Waals surface area contributed by atoms with Gasteiger partial charge in [-0.15, -0.1) is 0 Å². The van der Waals surface area contributed by atoms with Crippen LogP contribution in [0.2, 0.25) is 0 Å². The molecule has 4 heteroatoms. The van der Waals surface area contributed by atoms with Crippen molar-refractivity contribution in [1.82, 2.24) is 5.32 Å². The molecule has 0 atom stereocenters. The molecule has 0 aliphatic carbocycles. The van der Waals surface area contributed by atoms with Crippen LogP contribution in [0.5, 0.6) is 0 Å². The second-order valence-electron chi connectivity index (χ2n) is 3.84. The standard InChI is InChI=1S/C10H12N2O2/c1-10(2)11-9(13)7-5-3-4-6-8(7)12(10)14/h3-6,14H,1-2H3,(H,11,13). The second-order valence-corrected chi connectivity index (χ2v) is 3.84. The lowest BCUT2D eigenvalue weighted by atomic mass is 10.0. The fourth-order valence-electron chi connectivity index (χ4n) is 1.55. The molecule has 2 N–H and O–H groups in total. The van der Waals surface area contributed by atoms with Gasteiger partial charge in [-0.05, 0) is 26.0 Å². The molecule has 2 rings (SSSR count). The number of fused-ring (bicyclic) bond motifs is 1. The summed E-state index contributed by atoms with van der Waals surface area (Å²) < 4.78 is 0. The molecule has 0 aromatic heterocycles. The molecule has 1 heterocycles. The molecule has 0 saturated heterocycles. The van der Waals surface area contributed by atoms with Gasteiger partial charge in [0.1, 0.15) is 5.66 Å². The molecular formula is C10H12N2O2. The molecular weight excluding hydrogens is 180 g/mol. The van der Waals surface area contributed by atoms with Crippen LogP contribution in [-0.4, -0.2) is 16.8 Å². The highest BCUT2D eigenvalue weighted by Gasteiger charge is 2.35. The summed E-state index contributed by atoms with van der Waals surface area (Å²) in [5, 5.41) is 13.6. The molecule has 1 aromatic rings. The predicted molar refractivity (Wildman–Crippen MR) is 52.3 cm³/mol. The Labute approximate surface area is 82.1 Å². The highest BCUT2D eigenvalue weighted by atomic mass is 16.5. The van der Waals surface area contributed by atoms with Gasteiger partial charge in [-0.3, -0.25) is 10.0 Å². The number of anilines is 1. The van der Waals surface area contributed by atoms with E-state index in [0.29, 0.717) is 11.3 Å². The van der Waals surface area contributed by atoms with E-state index in [0.717, 1.165) is 5.06 Å². The van der Waals surface area contributed by atoms with E-state index >= 15 is 0 Å². The van der Waals surface area contributed by atoms with Crippen LogP contribution in [0.1, 0.15) is 24.2 Å². The van der Waals surface area contributed by atoms with Crippen LogP contribution < -0.4 is 10.4 Å². The molecule has 1 amide bonds. The van der Waals surface area contributed by atoms with Crippen LogP contribution in [-0.2, 0) is 0 Å². The first-order valence-electron chi connectivity index (χ1n) is 4.43. The third-order valence-electron chi connectivity index (χ3n) is 2.33. The van der Waals surface area contributed by atoms with Gasteiger partial charge in [0.15, 0.2) is 0 Å². The summed E-state index contributed by atoms with van der Waals surface area (Å²) in [5.74, 6) is -0.157. The normalized spacial score (nSPS) is 18.8. The van der Waals surface area contributed by atoms with E-state index in [1.54, 1.807) is 38.1 Å². The first kappa shape index (κ1) is 9.02. The van der Waals surface area contributed by atoms with E-state index < -0.39 is 5.66 Å². The van der Waals surface area contributed by atoms with Gasteiger partial charge in [-0.2, -0.15) is 0 Å². The van der Waals surface area contributed by atoms with E-state index in [-0.39, 0.29) is 5.91 Å². The van der Waals surface area contributed by atoms with Crippen molar-refractivity contribution in [3.63, 3.8) is 0 Å². The van der Waals surface area contributed by atoms with E-state index in [2.05, 4.69) is 5.32 Å². The number of carbonyl (C=O) groups is 1. The molecule has 1 aromatic carbocycles. The van der Waals surface area contributed by atoms with E-state index in [4.69, 9.17) is 0 Å². The third-order valence-corrected chi connectivity index (χ3v) is 2.33. The highest BCUT2D eigenvalue weighted by Crippen LogP contribution is 2.28. The van der Waals surface area contributed by atoms with Crippen LogP contribution in [0.3, 0.4) is 0 Å². The van der Waals surface area contributed by atoms with Gasteiger partial charge in [-0.25, -0.2) is 5.06 Å². The lowest BCUT2D eigenvalue weighted by Crippen LogP contribution is -2.59. The number of para-hydroxylation sites is 1. The summed E-state index contributed by atoms with van der Waals surface area (Å²) >= 11 is 0. The van der Waals surface area contributed by atoms with Crippen molar-refractivity contribution in [1.29, 1.82) is 0 Å². The van der Waals surface area contributed by atoms with Gasteiger partial charge in [-0.1, -0.05) is 12.1 Å². The van der Waals surface area contributed by atoms with E-state index in [1.807, 2.05) is 0 Å². The van der Waals surface area contributed by atoms with Crippen molar-refractivity contribution in [3.05, 3.63) is 29.8 Å².